The number of hydrogen-bond donors (Lipinski definition) is 1. The van der Waals surface area contributed by atoms with Crippen LogP contribution in [-0.2, 0) is 6.61 Å². The van der Waals surface area contributed by atoms with E-state index in [1.165, 1.54) is 0 Å². The van der Waals surface area contributed by atoms with Crippen LogP contribution in [0.5, 0.6) is 5.75 Å². The number of carbonyl (C=O) groups is 1. The van der Waals surface area contributed by atoms with E-state index in [4.69, 9.17) is 10.5 Å². The minimum atomic E-state index is -0.0400. The Morgan fingerprint density at radius 2 is 2.13 bits per heavy atom. The Kier molecular flexibility index (Phi) is 5.71. The monoisotopic (exact) mass is 313 g/mol. The molecule has 1 heterocycles. The predicted octanol–water partition coefficient (Wildman–Crippen LogP) is 2.39. The van der Waals surface area contributed by atoms with E-state index in [2.05, 4.69) is 4.98 Å². The molecule has 0 bridgehead atoms. The highest BCUT2D eigenvalue weighted by Crippen LogP contribution is 2.14. The highest BCUT2D eigenvalue weighted by atomic mass is 16.5. The lowest BCUT2D eigenvalue weighted by Gasteiger charge is -2.23. The van der Waals surface area contributed by atoms with Crippen LogP contribution in [0.25, 0.3) is 0 Å². The fourth-order valence-electron chi connectivity index (χ4n) is 2.06. The first-order valence-corrected chi connectivity index (χ1v) is 7.63. The second-order valence-electron chi connectivity index (χ2n) is 5.63. The summed E-state index contributed by atoms with van der Waals surface area (Å²) in [6.07, 6.45) is 1.70. The Bertz CT molecular complexity index is 656. The van der Waals surface area contributed by atoms with E-state index in [0.717, 1.165) is 11.3 Å². The van der Waals surface area contributed by atoms with Gasteiger partial charge in [-0.15, -0.1) is 0 Å². The van der Waals surface area contributed by atoms with Crippen molar-refractivity contribution >= 4 is 5.91 Å². The number of pyridine rings is 1. The van der Waals surface area contributed by atoms with Crippen LogP contribution >= 0.6 is 0 Å². The zero-order chi connectivity index (χ0) is 16.8. The molecule has 0 fully saturated rings. The van der Waals surface area contributed by atoms with E-state index in [-0.39, 0.29) is 11.9 Å². The van der Waals surface area contributed by atoms with Gasteiger partial charge in [0, 0.05) is 30.9 Å². The van der Waals surface area contributed by atoms with Gasteiger partial charge in [-0.25, -0.2) is 0 Å². The number of benzene rings is 1. The van der Waals surface area contributed by atoms with Gasteiger partial charge in [-0.05, 0) is 43.7 Å². The first-order valence-electron chi connectivity index (χ1n) is 7.63. The van der Waals surface area contributed by atoms with Crippen molar-refractivity contribution in [1.82, 2.24) is 9.88 Å². The maximum Gasteiger partial charge on any atom is 0.253 e. The molecule has 1 atom stereocenters. The molecule has 0 aliphatic carbocycles. The van der Waals surface area contributed by atoms with Gasteiger partial charge in [-0.3, -0.25) is 9.78 Å². The summed E-state index contributed by atoms with van der Waals surface area (Å²) in [4.78, 5) is 18.3. The zero-order valence-corrected chi connectivity index (χ0v) is 13.8. The molecule has 0 spiro atoms. The molecule has 0 saturated heterocycles. The summed E-state index contributed by atoms with van der Waals surface area (Å²) in [6.45, 7) is 4.68. The van der Waals surface area contributed by atoms with Crippen molar-refractivity contribution in [2.24, 2.45) is 5.73 Å². The van der Waals surface area contributed by atoms with Gasteiger partial charge >= 0.3 is 0 Å². The van der Waals surface area contributed by atoms with Gasteiger partial charge in [0.25, 0.3) is 5.91 Å². The molecule has 1 amide bonds. The van der Waals surface area contributed by atoms with Crippen LogP contribution in [0.2, 0.25) is 0 Å². The van der Waals surface area contributed by atoms with Crippen LogP contribution in [0.4, 0.5) is 0 Å². The molecule has 2 aromatic rings. The van der Waals surface area contributed by atoms with Crippen molar-refractivity contribution in [3.05, 3.63) is 59.4 Å². The molecule has 2 rings (SSSR count). The smallest absolute Gasteiger partial charge is 0.253 e. The second kappa shape index (κ2) is 7.74. The second-order valence-corrected chi connectivity index (χ2v) is 5.63. The van der Waals surface area contributed by atoms with E-state index in [9.17, 15) is 4.79 Å². The van der Waals surface area contributed by atoms with Crippen LogP contribution in [0.15, 0.2) is 42.6 Å². The maximum absolute atomic E-state index is 12.4. The molecule has 0 radical (unpaired) electrons. The third-order valence-electron chi connectivity index (χ3n) is 3.79. The number of nitrogens with two attached hydrogens (primary N) is 1. The Balaban J connectivity index is 2.04. The van der Waals surface area contributed by atoms with Crippen LogP contribution < -0.4 is 10.5 Å². The minimum Gasteiger partial charge on any atom is -0.487 e. The Hall–Kier alpha value is -2.40. The number of amides is 1. The fourth-order valence-corrected chi connectivity index (χ4v) is 2.06. The average Bonchev–Trinajstić information content (AvgIpc) is 2.59. The van der Waals surface area contributed by atoms with E-state index < -0.39 is 0 Å². The topological polar surface area (TPSA) is 68.5 Å². The first-order chi connectivity index (χ1) is 11.0. The number of aromatic nitrogens is 1. The van der Waals surface area contributed by atoms with Crippen molar-refractivity contribution in [3.63, 3.8) is 0 Å². The van der Waals surface area contributed by atoms with Gasteiger partial charge in [0.2, 0.25) is 0 Å². The van der Waals surface area contributed by atoms with Crippen molar-refractivity contribution < 1.29 is 9.53 Å². The molecule has 0 aliphatic heterocycles. The van der Waals surface area contributed by atoms with E-state index in [0.29, 0.717) is 24.5 Å². The highest BCUT2D eigenvalue weighted by Gasteiger charge is 2.16. The molecule has 5 nitrogen and oxygen atoms in total. The van der Waals surface area contributed by atoms with E-state index in [1.807, 2.05) is 44.2 Å². The number of nitrogens with zero attached hydrogens (tertiary/aromatic N) is 2. The van der Waals surface area contributed by atoms with Crippen molar-refractivity contribution in [3.8, 4) is 5.75 Å². The predicted molar refractivity (Wildman–Crippen MR) is 90.4 cm³/mol. The molecule has 0 saturated carbocycles. The average molecular weight is 313 g/mol. The van der Waals surface area contributed by atoms with Crippen LogP contribution in [0.1, 0.15) is 28.5 Å². The minimum absolute atomic E-state index is 0.000962. The summed E-state index contributed by atoms with van der Waals surface area (Å²) in [5.41, 5.74) is 8.14. The third kappa shape index (κ3) is 4.53. The maximum atomic E-state index is 12.4. The lowest BCUT2D eigenvalue weighted by molar-refractivity contribution is 0.0748. The number of ether oxygens (including phenoxy) is 1. The standard InChI is InChI=1S/C18H23N3O2/c1-13-7-8-17(11-20-13)23-12-15-5-4-6-16(9-15)18(22)21(3)14(2)10-19/h4-9,11,14H,10,12,19H2,1-3H3. The van der Waals surface area contributed by atoms with Crippen molar-refractivity contribution in [2.75, 3.05) is 13.6 Å². The molecule has 122 valence electrons. The van der Waals surface area contributed by atoms with Crippen molar-refractivity contribution in [1.29, 1.82) is 0 Å². The summed E-state index contributed by atoms with van der Waals surface area (Å²) in [5.74, 6) is 0.669. The Morgan fingerprint density at radius 3 is 2.78 bits per heavy atom. The molecule has 5 heteroatoms. The Labute approximate surface area is 137 Å². The quantitative estimate of drug-likeness (QED) is 0.889. The molecule has 0 aliphatic rings. The van der Waals surface area contributed by atoms with Gasteiger partial charge < -0.3 is 15.4 Å². The molecular weight excluding hydrogens is 290 g/mol. The van der Waals surface area contributed by atoms with Gasteiger partial charge in [0.15, 0.2) is 0 Å². The molecule has 1 aromatic carbocycles. The number of hydrogen-bond acceptors (Lipinski definition) is 4. The van der Waals surface area contributed by atoms with Crippen LogP contribution in [0, 0.1) is 6.92 Å². The summed E-state index contributed by atoms with van der Waals surface area (Å²) in [5, 5.41) is 0. The molecule has 1 aromatic heterocycles. The summed E-state index contributed by atoms with van der Waals surface area (Å²) in [7, 11) is 1.76. The van der Waals surface area contributed by atoms with Crippen LogP contribution in [-0.4, -0.2) is 35.4 Å². The zero-order valence-electron chi connectivity index (χ0n) is 13.8. The van der Waals surface area contributed by atoms with Crippen LogP contribution in [0.3, 0.4) is 0 Å². The highest BCUT2D eigenvalue weighted by molar-refractivity contribution is 5.94. The summed E-state index contributed by atoms with van der Waals surface area (Å²) >= 11 is 0. The third-order valence-corrected chi connectivity index (χ3v) is 3.79. The Morgan fingerprint density at radius 1 is 1.35 bits per heavy atom. The number of aryl methyl sites for hydroxylation is 1. The molecule has 1 unspecified atom stereocenters. The molecule has 23 heavy (non-hydrogen) atoms. The van der Waals surface area contributed by atoms with Gasteiger partial charge in [0.05, 0.1) is 6.20 Å². The summed E-state index contributed by atoms with van der Waals surface area (Å²) < 4.78 is 5.70. The van der Waals surface area contributed by atoms with Gasteiger partial charge in [0.1, 0.15) is 12.4 Å². The number of carbonyl (C=O) groups excluding carboxylic acids is 1. The normalized spacial score (nSPS) is 11.8. The van der Waals surface area contributed by atoms with E-state index >= 15 is 0 Å². The largest absolute Gasteiger partial charge is 0.487 e. The van der Waals surface area contributed by atoms with E-state index in [1.54, 1.807) is 24.2 Å². The SMILES string of the molecule is Cc1ccc(OCc2cccc(C(=O)N(C)C(C)CN)c2)cn1. The number of rotatable bonds is 6. The summed E-state index contributed by atoms with van der Waals surface area (Å²) in [6, 6.07) is 11.2. The van der Waals surface area contributed by atoms with Gasteiger partial charge in [-0.1, -0.05) is 12.1 Å². The van der Waals surface area contributed by atoms with Crippen molar-refractivity contribution in [2.45, 2.75) is 26.5 Å². The number of likely N-dealkylation sites (N-methyl/N-ethyl adjacent to an activating group) is 1. The van der Waals surface area contributed by atoms with Gasteiger partial charge in [-0.2, -0.15) is 0 Å². The lowest BCUT2D eigenvalue weighted by Crippen LogP contribution is -2.39. The lowest BCUT2D eigenvalue weighted by atomic mass is 10.1. The molecule has 2 N–H and O–H groups in total. The fraction of sp³-hybridized carbons (Fsp3) is 0.333. The molecular formula is C18H23N3O2. The first kappa shape index (κ1) is 17.0.